The summed E-state index contributed by atoms with van der Waals surface area (Å²) in [5.41, 5.74) is 0.196. The van der Waals surface area contributed by atoms with Crippen LogP contribution >= 0.6 is 0 Å². The molecule has 126 valence electrons. The van der Waals surface area contributed by atoms with Gasteiger partial charge in [0.05, 0.1) is 0 Å². The van der Waals surface area contributed by atoms with Gasteiger partial charge in [0, 0.05) is 51.4 Å². The lowest BCUT2D eigenvalue weighted by molar-refractivity contribution is -0.136. The number of nitriles is 1. The van der Waals surface area contributed by atoms with E-state index in [1.807, 2.05) is 0 Å². The van der Waals surface area contributed by atoms with Crippen LogP contribution in [-0.2, 0) is 9.59 Å². The van der Waals surface area contributed by atoms with Gasteiger partial charge in [0.2, 0.25) is 5.91 Å². The number of carbonyl (C=O) groups is 2. The molecule has 2 aliphatic heterocycles. The molecule has 0 N–H and O–H groups in total. The molecule has 0 bridgehead atoms. The van der Waals surface area contributed by atoms with Crippen molar-refractivity contribution in [3.05, 3.63) is 11.8 Å². The van der Waals surface area contributed by atoms with Crippen LogP contribution in [0.4, 0.5) is 0 Å². The summed E-state index contributed by atoms with van der Waals surface area (Å²) in [6.45, 7) is 7.86. The fourth-order valence-corrected chi connectivity index (χ4v) is 3.37. The van der Waals surface area contributed by atoms with Gasteiger partial charge in [-0.15, -0.1) is 0 Å². The minimum atomic E-state index is -0.222. The van der Waals surface area contributed by atoms with E-state index in [1.54, 1.807) is 16.0 Å². The third kappa shape index (κ3) is 4.04. The monoisotopic (exact) mass is 318 g/mol. The number of carbonyl (C=O) groups excluding carboxylic acids is 2. The summed E-state index contributed by atoms with van der Waals surface area (Å²) in [7, 11) is 0. The lowest BCUT2D eigenvalue weighted by Crippen LogP contribution is -2.50. The number of likely N-dealkylation sites (tertiary alicyclic amines) is 1. The molecule has 0 spiro atoms. The van der Waals surface area contributed by atoms with E-state index in [9.17, 15) is 14.9 Å². The number of piperidine rings is 1. The highest BCUT2D eigenvalue weighted by molar-refractivity contribution is 5.97. The first-order valence-electron chi connectivity index (χ1n) is 8.38. The predicted octanol–water partition coefficient (Wildman–Crippen LogP) is 1.35. The molecule has 0 aromatic carbocycles. The zero-order valence-corrected chi connectivity index (χ0v) is 14.3. The molecule has 2 rings (SSSR count). The molecule has 2 aliphatic rings. The first-order chi connectivity index (χ1) is 10.9. The Bertz CT molecular complexity index is 519. The van der Waals surface area contributed by atoms with Gasteiger partial charge in [0.15, 0.2) is 0 Å². The summed E-state index contributed by atoms with van der Waals surface area (Å²) in [4.78, 5) is 29.5. The first kappa shape index (κ1) is 17.3. The Morgan fingerprint density at radius 1 is 1.04 bits per heavy atom. The molecule has 23 heavy (non-hydrogen) atoms. The second-order valence-corrected chi connectivity index (χ2v) is 6.53. The molecule has 2 fully saturated rings. The summed E-state index contributed by atoms with van der Waals surface area (Å²) < 4.78 is 0. The van der Waals surface area contributed by atoms with E-state index < -0.39 is 0 Å². The Kier molecular flexibility index (Phi) is 5.64. The predicted molar refractivity (Wildman–Crippen MR) is 87.1 cm³/mol. The smallest absolute Gasteiger partial charge is 0.266 e. The van der Waals surface area contributed by atoms with E-state index in [2.05, 4.69) is 24.8 Å². The standard InChI is InChI=1S/C17H26N4O2/c1-13-5-4-6-14(2)21(13)12-16(11-18)17(23)20-9-7-19(8-10-20)15(3)22/h12-14H,4-10H2,1-3H3/b16-12-. The molecule has 2 saturated heterocycles. The van der Waals surface area contributed by atoms with Crippen LogP contribution in [0.3, 0.4) is 0 Å². The molecule has 0 saturated carbocycles. The van der Waals surface area contributed by atoms with E-state index in [4.69, 9.17) is 0 Å². The Morgan fingerprint density at radius 2 is 1.57 bits per heavy atom. The molecule has 0 aromatic heterocycles. The van der Waals surface area contributed by atoms with Gasteiger partial charge in [-0.2, -0.15) is 5.26 Å². The van der Waals surface area contributed by atoms with E-state index in [1.165, 1.54) is 13.3 Å². The van der Waals surface area contributed by atoms with Crippen LogP contribution in [-0.4, -0.2) is 64.8 Å². The van der Waals surface area contributed by atoms with Gasteiger partial charge >= 0.3 is 0 Å². The maximum atomic E-state index is 12.6. The summed E-state index contributed by atoms with van der Waals surface area (Å²) in [5, 5.41) is 9.41. The Hall–Kier alpha value is -2.03. The number of hydrogen-bond acceptors (Lipinski definition) is 4. The number of hydrogen-bond donors (Lipinski definition) is 0. The molecular formula is C17H26N4O2. The SMILES string of the molecule is CC(=O)N1CCN(C(=O)/C(C#N)=C\N2C(C)CCCC2C)CC1. The van der Waals surface area contributed by atoms with Gasteiger partial charge in [-0.25, -0.2) is 0 Å². The average Bonchev–Trinajstić information content (AvgIpc) is 2.54. The summed E-state index contributed by atoms with van der Waals surface area (Å²) in [5.74, 6) is -0.190. The van der Waals surface area contributed by atoms with E-state index in [0.717, 1.165) is 12.8 Å². The Labute approximate surface area is 138 Å². The number of rotatable bonds is 2. The van der Waals surface area contributed by atoms with E-state index in [0.29, 0.717) is 38.3 Å². The topological polar surface area (TPSA) is 67.6 Å². The highest BCUT2D eigenvalue weighted by Gasteiger charge is 2.27. The minimum absolute atomic E-state index is 0.0316. The minimum Gasteiger partial charge on any atom is -0.371 e. The van der Waals surface area contributed by atoms with Crippen molar-refractivity contribution in [3.63, 3.8) is 0 Å². The maximum Gasteiger partial charge on any atom is 0.266 e. The average molecular weight is 318 g/mol. The maximum absolute atomic E-state index is 12.6. The van der Waals surface area contributed by atoms with Crippen molar-refractivity contribution in [2.24, 2.45) is 0 Å². The summed E-state index contributed by atoms with van der Waals surface area (Å²) in [6.07, 6.45) is 5.11. The van der Waals surface area contributed by atoms with Crippen molar-refractivity contribution >= 4 is 11.8 Å². The second-order valence-electron chi connectivity index (χ2n) is 6.53. The molecule has 2 amide bonds. The third-order valence-corrected chi connectivity index (χ3v) is 4.90. The van der Waals surface area contributed by atoms with Gasteiger partial charge in [-0.1, -0.05) is 0 Å². The normalized spacial score (nSPS) is 26.0. The largest absolute Gasteiger partial charge is 0.371 e. The van der Waals surface area contributed by atoms with E-state index in [-0.39, 0.29) is 17.4 Å². The van der Waals surface area contributed by atoms with Crippen LogP contribution in [0.15, 0.2) is 11.8 Å². The molecule has 0 aromatic rings. The van der Waals surface area contributed by atoms with Gasteiger partial charge in [-0.05, 0) is 33.1 Å². The number of amides is 2. The van der Waals surface area contributed by atoms with Crippen molar-refractivity contribution in [1.29, 1.82) is 5.26 Å². The van der Waals surface area contributed by atoms with Crippen LogP contribution in [0.1, 0.15) is 40.0 Å². The van der Waals surface area contributed by atoms with Crippen LogP contribution in [0, 0.1) is 11.3 Å². The quantitative estimate of drug-likeness (QED) is 0.569. The Morgan fingerprint density at radius 3 is 2.04 bits per heavy atom. The molecule has 2 unspecified atom stereocenters. The molecular weight excluding hydrogens is 292 g/mol. The zero-order chi connectivity index (χ0) is 17.0. The summed E-state index contributed by atoms with van der Waals surface area (Å²) >= 11 is 0. The van der Waals surface area contributed by atoms with Crippen molar-refractivity contribution in [2.75, 3.05) is 26.2 Å². The van der Waals surface area contributed by atoms with Crippen LogP contribution in [0.2, 0.25) is 0 Å². The second kappa shape index (κ2) is 7.49. The highest BCUT2D eigenvalue weighted by atomic mass is 16.2. The van der Waals surface area contributed by atoms with E-state index >= 15 is 0 Å². The number of piperazine rings is 1. The van der Waals surface area contributed by atoms with Crippen molar-refractivity contribution in [2.45, 2.75) is 52.1 Å². The Balaban J connectivity index is 2.06. The van der Waals surface area contributed by atoms with Crippen molar-refractivity contribution < 1.29 is 9.59 Å². The third-order valence-electron chi connectivity index (χ3n) is 4.90. The molecule has 2 atom stereocenters. The van der Waals surface area contributed by atoms with Gasteiger partial charge in [0.1, 0.15) is 11.6 Å². The molecule has 0 aliphatic carbocycles. The molecule has 2 heterocycles. The molecule has 0 radical (unpaired) electrons. The zero-order valence-electron chi connectivity index (χ0n) is 14.3. The van der Waals surface area contributed by atoms with Crippen LogP contribution < -0.4 is 0 Å². The highest BCUT2D eigenvalue weighted by Crippen LogP contribution is 2.23. The van der Waals surface area contributed by atoms with Crippen molar-refractivity contribution in [1.82, 2.24) is 14.7 Å². The van der Waals surface area contributed by atoms with Gasteiger partial charge in [-0.3, -0.25) is 9.59 Å². The van der Waals surface area contributed by atoms with Gasteiger partial charge < -0.3 is 14.7 Å². The number of nitrogens with zero attached hydrogens (tertiary/aromatic N) is 4. The van der Waals surface area contributed by atoms with Crippen LogP contribution in [0.5, 0.6) is 0 Å². The summed E-state index contributed by atoms with van der Waals surface area (Å²) in [6, 6.07) is 2.77. The molecule has 6 nitrogen and oxygen atoms in total. The lowest BCUT2D eigenvalue weighted by Gasteiger charge is -2.39. The van der Waals surface area contributed by atoms with Crippen LogP contribution in [0.25, 0.3) is 0 Å². The first-order valence-corrected chi connectivity index (χ1v) is 8.38. The van der Waals surface area contributed by atoms with Crippen molar-refractivity contribution in [3.8, 4) is 6.07 Å². The lowest BCUT2D eigenvalue weighted by atomic mass is 9.98. The van der Waals surface area contributed by atoms with Gasteiger partial charge in [0.25, 0.3) is 5.91 Å². The fraction of sp³-hybridized carbons (Fsp3) is 0.706. The fourth-order valence-electron chi connectivity index (χ4n) is 3.37. The molecule has 6 heteroatoms.